The van der Waals surface area contributed by atoms with Gasteiger partial charge in [-0.3, -0.25) is 9.59 Å². The van der Waals surface area contributed by atoms with E-state index in [1.165, 1.54) is 0 Å². The molecule has 3 N–H and O–H groups in total. The number of carboxylic acid groups (broad SMARTS) is 1. The molecule has 1 heterocycles. The second-order valence-corrected chi connectivity index (χ2v) is 8.88. The highest BCUT2D eigenvalue weighted by atomic mass is 16.5. The van der Waals surface area contributed by atoms with Gasteiger partial charge in [0.2, 0.25) is 5.91 Å². The molecule has 2 amide bonds. The molecule has 33 heavy (non-hydrogen) atoms. The second-order valence-electron chi connectivity index (χ2n) is 8.88. The Morgan fingerprint density at radius 2 is 1.61 bits per heavy atom. The molecule has 1 aliphatic carbocycles. The number of ether oxygens (including phenoxy) is 1. The molecule has 0 radical (unpaired) electrons. The quantitative estimate of drug-likeness (QED) is 0.597. The van der Waals surface area contributed by atoms with Crippen molar-refractivity contribution in [3.63, 3.8) is 0 Å². The number of aliphatic carboxylic acids is 1. The monoisotopic (exact) mass is 451 g/mol. The van der Waals surface area contributed by atoms with E-state index < -0.39 is 23.5 Å². The van der Waals surface area contributed by atoms with Gasteiger partial charge in [0.15, 0.2) is 0 Å². The van der Waals surface area contributed by atoms with Crippen LogP contribution in [0.1, 0.15) is 36.3 Å². The maximum Gasteiger partial charge on any atom is 0.407 e. The van der Waals surface area contributed by atoms with Crippen LogP contribution in [0.3, 0.4) is 0 Å². The van der Waals surface area contributed by atoms with Crippen LogP contribution in [-0.2, 0) is 14.3 Å². The van der Waals surface area contributed by atoms with Crippen LogP contribution in [0, 0.1) is 0 Å². The molecule has 174 valence electrons. The number of benzene rings is 2. The van der Waals surface area contributed by atoms with Crippen LogP contribution in [0.4, 0.5) is 4.79 Å². The summed E-state index contributed by atoms with van der Waals surface area (Å²) in [6.45, 7) is 1.30. The number of piperidine rings is 1. The van der Waals surface area contributed by atoms with Gasteiger partial charge in [-0.05, 0) is 42.1 Å². The zero-order valence-corrected chi connectivity index (χ0v) is 18.7. The van der Waals surface area contributed by atoms with Crippen LogP contribution in [0.5, 0.6) is 0 Å². The van der Waals surface area contributed by atoms with E-state index in [9.17, 15) is 19.5 Å². The normalized spacial score (nSPS) is 17.0. The topological polar surface area (TPSA) is 108 Å². The van der Waals surface area contributed by atoms with Crippen molar-refractivity contribution >= 4 is 18.0 Å². The molecule has 2 aliphatic rings. The number of rotatable bonds is 7. The first kappa shape index (κ1) is 22.8. The molecule has 1 saturated heterocycles. The number of nitrogens with zero attached hydrogens (tertiary/aromatic N) is 1. The van der Waals surface area contributed by atoms with Crippen molar-refractivity contribution in [2.45, 2.75) is 30.7 Å². The minimum absolute atomic E-state index is 0.0601. The number of amides is 2. The number of carbonyl (C=O) groups excluding carboxylic acids is 2. The van der Waals surface area contributed by atoms with Crippen LogP contribution >= 0.6 is 0 Å². The number of hydrogen-bond acceptors (Lipinski definition) is 5. The van der Waals surface area contributed by atoms with Gasteiger partial charge in [0.25, 0.3) is 0 Å². The molecule has 0 unspecified atom stereocenters. The van der Waals surface area contributed by atoms with Gasteiger partial charge in [-0.1, -0.05) is 48.5 Å². The summed E-state index contributed by atoms with van der Waals surface area (Å²) in [7, 11) is 1.96. The van der Waals surface area contributed by atoms with Crippen molar-refractivity contribution in [1.29, 1.82) is 0 Å². The predicted octanol–water partition coefficient (Wildman–Crippen LogP) is 2.58. The van der Waals surface area contributed by atoms with Crippen molar-refractivity contribution in [3.8, 4) is 11.1 Å². The van der Waals surface area contributed by atoms with Gasteiger partial charge in [0.05, 0.1) is 12.0 Å². The zero-order valence-electron chi connectivity index (χ0n) is 18.7. The Morgan fingerprint density at radius 3 is 2.18 bits per heavy atom. The van der Waals surface area contributed by atoms with Crippen LogP contribution < -0.4 is 10.6 Å². The molecule has 8 heteroatoms. The van der Waals surface area contributed by atoms with Crippen LogP contribution in [0.15, 0.2) is 48.5 Å². The first-order valence-corrected chi connectivity index (χ1v) is 11.2. The van der Waals surface area contributed by atoms with Crippen LogP contribution in [0.25, 0.3) is 11.1 Å². The SMILES string of the molecule is CN1CCC(CC(=O)O)(NC(=O)CNC(=O)OCC2c3ccccc3-c3ccccc32)CC1. The Balaban J connectivity index is 1.31. The smallest absolute Gasteiger partial charge is 0.407 e. The Morgan fingerprint density at radius 1 is 1.03 bits per heavy atom. The van der Waals surface area contributed by atoms with Crippen molar-refractivity contribution in [1.82, 2.24) is 15.5 Å². The van der Waals surface area contributed by atoms with Crippen molar-refractivity contribution < 1.29 is 24.2 Å². The standard InChI is InChI=1S/C25H29N3O5/c1-28-12-10-25(11-13-28,14-23(30)31)27-22(29)15-26-24(32)33-16-21-19-8-4-2-6-17(19)18-7-3-5-9-20(18)21/h2-9,21H,10-16H2,1H3,(H,26,32)(H,27,29)(H,30,31). The highest BCUT2D eigenvalue weighted by Gasteiger charge is 2.37. The Bertz CT molecular complexity index is 1000. The van der Waals surface area contributed by atoms with E-state index in [0.717, 1.165) is 22.3 Å². The van der Waals surface area contributed by atoms with E-state index in [1.807, 2.05) is 43.4 Å². The maximum atomic E-state index is 12.5. The van der Waals surface area contributed by atoms with Crippen molar-refractivity contribution in [2.75, 3.05) is 33.3 Å². The number of fused-ring (bicyclic) bond motifs is 3. The fraction of sp³-hybridized carbons (Fsp3) is 0.400. The first-order chi connectivity index (χ1) is 15.9. The number of hydrogen-bond donors (Lipinski definition) is 3. The summed E-state index contributed by atoms with van der Waals surface area (Å²) in [6.07, 6.45) is 0.277. The average Bonchev–Trinajstić information content (AvgIpc) is 3.12. The maximum absolute atomic E-state index is 12.5. The molecule has 8 nitrogen and oxygen atoms in total. The van der Waals surface area contributed by atoms with E-state index in [-0.39, 0.29) is 25.5 Å². The number of likely N-dealkylation sites (tertiary alicyclic amines) is 1. The molecule has 0 atom stereocenters. The molecular weight excluding hydrogens is 422 g/mol. The number of alkyl carbamates (subject to hydrolysis) is 1. The molecule has 0 bridgehead atoms. The third-order valence-electron chi connectivity index (χ3n) is 6.58. The van der Waals surface area contributed by atoms with Gasteiger partial charge in [0, 0.05) is 19.0 Å². The number of carboxylic acids is 1. The molecule has 1 aliphatic heterocycles. The van der Waals surface area contributed by atoms with Crippen LogP contribution in [-0.4, -0.2) is 66.8 Å². The summed E-state index contributed by atoms with van der Waals surface area (Å²) in [5.74, 6) is -1.44. The Hall–Kier alpha value is -3.39. The summed E-state index contributed by atoms with van der Waals surface area (Å²) < 4.78 is 5.45. The van der Waals surface area contributed by atoms with E-state index in [1.54, 1.807) is 0 Å². The lowest BCUT2D eigenvalue weighted by atomic mass is 9.84. The zero-order chi connectivity index (χ0) is 23.4. The molecule has 2 aromatic carbocycles. The summed E-state index contributed by atoms with van der Waals surface area (Å²) in [6, 6.07) is 16.1. The minimum Gasteiger partial charge on any atom is -0.481 e. The third-order valence-corrected chi connectivity index (χ3v) is 6.58. The number of carbonyl (C=O) groups is 3. The Labute approximate surface area is 192 Å². The Kier molecular flexibility index (Phi) is 6.65. The lowest BCUT2D eigenvalue weighted by molar-refractivity contribution is -0.139. The second kappa shape index (κ2) is 9.62. The fourth-order valence-corrected chi connectivity index (χ4v) is 4.82. The summed E-state index contributed by atoms with van der Waals surface area (Å²) in [5.41, 5.74) is 3.72. The van der Waals surface area contributed by atoms with Gasteiger partial charge < -0.3 is 25.4 Å². The highest BCUT2D eigenvalue weighted by Crippen LogP contribution is 2.44. The van der Waals surface area contributed by atoms with Gasteiger partial charge >= 0.3 is 12.1 Å². The third kappa shape index (κ3) is 5.17. The van der Waals surface area contributed by atoms with Gasteiger partial charge in [0.1, 0.15) is 13.2 Å². The molecule has 0 saturated carbocycles. The average molecular weight is 452 g/mol. The molecule has 4 rings (SSSR count). The summed E-state index contributed by atoms with van der Waals surface area (Å²) >= 11 is 0. The largest absolute Gasteiger partial charge is 0.481 e. The van der Waals surface area contributed by atoms with Gasteiger partial charge in [-0.2, -0.15) is 0 Å². The van der Waals surface area contributed by atoms with Crippen molar-refractivity contribution in [3.05, 3.63) is 59.7 Å². The van der Waals surface area contributed by atoms with E-state index in [4.69, 9.17) is 4.74 Å². The molecule has 0 spiro atoms. The molecule has 2 aromatic rings. The number of nitrogens with one attached hydrogen (secondary N) is 2. The fourth-order valence-electron chi connectivity index (χ4n) is 4.82. The van der Waals surface area contributed by atoms with Gasteiger partial charge in [-0.25, -0.2) is 4.79 Å². The lowest BCUT2D eigenvalue weighted by Crippen LogP contribution is -2.57. The van der Waals surface area contributed by atoms with E-state index >= 15 is 0 Å². The highest BCUT2D eigenvalue weighted by molar-refractivity contribution is 5.83. The minimum atomic E-state index is -0.954. The van der Waals surface area contributed by atoms with Crippen molar-refractivity contribution in [2.24, 2.45) is 0 Å². The lowest BCUT2D eigenvalue weighted by Gasteiger charge is -2.40. The van der Waals surface area contributed by atoms with Crippen LogP contribution in [0.2, 0.25) is 0 Å². The summed E-state index contributed by atoms with van der Waals surface area (Å²) in [4.78, 5) is 38.2. The molecular formula is C25H29N3O5. The predicted molar refractivity (Wildman–Crippen MR) is 123 cm³/mol. The van der Waals surface area contributed by atoms with Gasteiger partial charge in [-0.15, -0.1) is 0 Å². The summed E-state index contributed by atoms with van der Waals surface area (Å²) in [5, 5.41) is 14.6. The molecule has 0 aromatic heterocycles. The van der Waals surface area contributed by atoms with E-state index in [0.29, 0.717) is 25.9 Å². The molecule has 1 fully saturated rings. The van der Waals surface area contributed by atoms with E-state index in [2.05, 4.69) is 27.7 Å². The first-order valence-electron chi connectivity index (χ1n) is 11.2.